The van der Waals surface area contributed by atoms with E-state index >= 15 is 0 Å². The molecule has 1 aromatic heterocycles. The number of rotatable bonds is 3. The summed E-state index contributed by atoms with van der Waals surface area (Å²) in [5, 5.41) is 8.80. The van der Waals surface area contributed by atoms with Gasteiger partial charge in [0.05, 0.1) is 12.0 Å². The van der Waals surface area contributed by atoms with Gasteiger partial charge < -0.3 is 15.6 Å². The number of benzene rings is 1. The summed E-state index contributed by atoms with van der Waals surface area (Å²) in [5.74, 6) is -1.85. The molecule has 0 aliphatic rings. The van der Waals surface area contributed by atoms with E-state index in [-0.39, 0.29) is 5.69 Å². The number of aromatic carboxylic acids is 1. The van der Waals surface area contributed by atoms with Crippen molar-refractivity contribution in [2.24, 2.45) is 0 Å². The molecule has 0 aliphatic carbocycles. The quantitative estimate of drug-likeness (QED) is 0.834. The number of hydrogen-bond acceptors (Lipinski definition) is 5. The third-order valence-corrected chi connectivity index (χ3v) is 3.14. The molecule has 0 aliphatic heterocycles. The van der Waals surface area contributed by atoms with Gasteiger partial charge in [-0.2, -0.15) is 4.37 Å². The van der Waals surface area contributed by atoms with Crippen LogP contribution < -0.4 is 10.5 Å². The predicted octanol–water partition coefficient (Wildman–Crippen LogP) is 2.24. The van der Waals surface area contributed by atoms with E-state index in [1.807, 2.05) is 0 Å². The largest absolute Gasteiger partial charge is 0.480 e. The van der Waals surface area contributed by atoms with Crippen LogP contribution in [0.4, 0.5) is 10.1 Å². The van der Waals surface area contributed by atoms with Gasteiger partial charge in [-0.25, -0.2) is 9.18 Å². The molecule has 2 aromatic rings. The summed E-state index contributed by atoms with van der Waals surface area (Å²) in [5.41, 5.74) is 5.36. The van der Waals surface area contributed by atoms with Crippen LogP contribution in [0.1, 0.15) is 10.4 Å². The Morgan fingerprint density at radius 3 is 2.72 bits per heavy atom. The smallest absolute Gasteiger partial charge is 0.340 e. The SMILES string of the molecule is COc1cc(-c2cc(N)c(C(=O)O)c(F)c2)sn1. The minimum atomic E-state index is -1.39. The van der Waals surface area contributed by atoms with Crippen molar-refractivity contribution in [2.75, 3.05) is 12.8 Å². The lowest BCUT2D eigenvalue weighted by Crippen LogP contribution is -2.05. The fraction of sp³-hybridized carbons (Fsp3) is 0.0909. The Labute approximate surface area is 106 Å². The van der Waals surface area contributed by atoms with Gasteiger partial charge in [0.15, 0.2) is 0 Å². The molecule has 1 aromatic carbocycles. The van der Waals surface area contributed by atoms with Gasteiger partial charge >= 0.3 is 5.97 Å². The van der Waals surface area contributed by atoms with Crippen molar-refractivity contribution in [3.05, 3.63) is 29.6 Å². The lowest BCUT2D eigenvalue weighted by atomic mass is 10.1. The molecule has 0 bridgehead atoms. The van der Waals surface area contributed by atoms with Crippen LogP contribution >= 0.6 is 11.5 Å². The predicted molar refractivity (Wildman–Crippen MR) is 65.4 cm³/mol. The molecular weight excluding hydrogens is 259 g/mol. The average Bonchev–Trinajstić information content (AvgIpc) is 2.75. The monoisotopic (exact) mass is 268 g/mol. The van der Waals surface area contributed by atoms with Gasteiger partial charge in [-0.1, -0.05) is 0 Å². The minimum absolute atomic E-state index is 0.120. The highest BCUT2D eigenvalue weighted by Crippen LogP contribution is 2.31. The summed E-state index contributed by atoms with van der Waals surface area (Å²) in [7, 11) is 1.47. The van der Waals surface area contributed by atoms with Crippen LogP contribution in [0.3, 0.4) is 0 Å². The van der Waals surface area contributed by atoms with Gasteiger partial charge in [0, 0.05) is 11.8 Å². The summed E-state index contributed by atoms with van der Waals surface area (Å²) < 4.78 is 22.5. The molecule has 7 heteroatoms. The zero-order valence-electron chi connectivity index (χ0n) is 9.31. The van der Waals surface area contributed by atoms with E-state index in [2.05, 4.69) is 4.37 Å². The molecule has 0 fully saturated rings. The van der Waals surface area contributed by atoms with Crippen molar-refractivity contribution in [1.29, 1.82) is 0 Å². The van der Waals surface area contributed by atoms with E-state index in [1.54, 1.807) is 6.07 Å². The van der Waals surface area contributed by atoms with Crippen LogP contribution in [0.2, 0.25) is 0 Å². The van der Waals surface area contributed by atoms with Crippen molar-refractivity contribution >= 4 is 23.2 Å². The summed E-state index contributed by atoms with van der Waals surface area (Å²) in [6, 6.07) is 4.14. The number of carboxylic acid groups (broad SMARTS) is 1. The molecule has 5 nitrogen and oxygen atoms in total. The van der Waals surface area contributed by atoms with E-state index in [0.29, 0.717) is 16.3 Å². The van der Waals surface area contributed by atoms with Crippen molar-refractivity contribution in [2.45, 2.75) is 0 Å². The van der Waals surface area contributed by atoms with Crippen LogP contribution in [0, 0.1) is 5.82 Å². The Bertz CT molecular complexity index is 589. The van der Waals surface area contributed by atoms with E-state index in [9.17, 15) is 9.18 Å². The number of carboxylic acids is 1. The zero-order valence-corrected chi connectivity index (χ0v) is 10.1. The highest BCUT2D eigenvalue weighted by atomic mass is 32.1. The number of aromatic nitrogens is 1. The Balaban J connectivity index is 2.50. The van der Waals surface area contributed by atoms with Crippen LogP contribution in [0.25, 0.3) is 10.4 Å². The van der Waals surface area contributed by atoms with Crippen molar-refractivity contribution in [1.82, 2.24) is 4.37 Å². The lowest BCUT2D eigenvalue weighted by Gasteiger charge is -2.05. The molecule has 3 N–H and O–H groups in total. The molecule has 2 rings (SSSR count). The van der Waals surface area contributed by atoms with Gasteiger partial charge in [0.2, 0.25) is 5.88 Å². The maximum absolute atomic E-state index is 13.6. The van der Waals surface area contributed by atoms with Crippen molar-refractivity contribution < 1.29 is 19.0 Å². The molecule has 0 atom stereocenters. The van der Waals surface area contributed by atoms with E-state index in [0.717, 1.165) is 17.6 Å². The van der Waals surface area contributed by atoms with Crippen LogP contribution in [-0.4, -0.2) is 22.6 Å². The first-order valence-corrected chi connectivity index (χ1v) is 5.63. The minimum Gasteiger partial charge on any atom is -0.480 e. The molecule has 0 spiro atoms. The van der Waals surface area contributed by atoms with Crippen LogP contribution in [0.15, 0.2) is 18.2 Å². The van der Waals surface area contributed by atoms with Gasteiger partial charge in [-0.05, 0) is 29.2 Å². The normalized spacial score (nSPS) is 10.3. The molecule has 0 unspecified atom stereocenters. The summed E-state index contributed by atoms with van der Waals surface area (Å²) in [4.78, 5) is 11.4. The van der Waals surface area contributed by atoms with Gasteiger partial charge in [-0.3, -0.25) is 0 Å². The van der Waals surface area contributed by atoms with Crippen molar-refractivity contribution in [3.63, 3.8) is 0 Å². The topological polar surface area (TPSA) is 85.4 Å². The molecule has 0 radical (unpaired) electrons. The third kappa shape index (κ3) is 2.12. The van der Waals surface area contributed by atoms with E-state index in [1.165, 1.54) is 13.2 Å². The van der Waals surface area contributed by atoms with Crippen LogP contribution in [0.5, 0.6) is 5.88 Å². The summed E-state index contributed by atoms with van der Waals surface area (Å²) in [6.07, 6.45) is 0. The number of nitrogens with zero attached hydrogens (tertiary/aromatic N) is 1. The van der Waals surface area contributed by atoms with Crippen LogP contribution in [-0.2, 0) is 0 Å². The highest BCUT2D eigenvalue weighted by molar-refractivity contribution is 7.09. The number of nitrogens with two attached hydrogens (primary N) is 1. The molecule has 0 amide bonds. The van der Waals surface area contributed by atoms with Gasteiger partial charge in [0.25, 0.3) is 0 Å². The summed E-state index contributed by atoms with van der Waals surface area (Å²) in [6.45, 7) is 0. The number of carbonyl (C=O) groups is 1. The Hall–Kier alpha value is -2.15. The summed E-state index contributed by atoms with van der Waals surface area (Å²) >= 11 is 1.11. The molecule has 94 valence electrons. The highest BCUT2D eigenvalue weighted by Gasteiger charge is 2.17. The fourth-order valence-corrected chi connectivity index (χ4v) is 2.18. The van der Waals surface area contributed by atoms with E-state index < -0.39 is 17.3 Å². The van der Waals surface area contributed by atoms with Crippen molar-refractivity contribution in [3.8, 4) is 16.3 Å². The Morgan fingerprint density at radius 1 is 1.50 bits per heavy atom. The molecular formula is C11H9FN2O3S. The van der Waals surface area contributed by atoms with Gasteiger partial charge in [-0.15, -0.1) is 0 Å². The maximum Gasteiger partial charge on any atom is 0.340 e. The zero-order chi connectivity index (χ0) is 13.3. The Morgan fingerprint density at radius 2 is 2.22 bits per heavy atom. The number of hydrogen-bond donors (Lipinski definition) is 2. The Kier molecular flexibility index (Phi) is 3.15. The number of halogens is 1. The third-order valence-electron chi connectivity index (χ3n) is 2.32. The average molecular weight is 268 g/mol. The number of nitrogen functional groups attached to an aromatic ring is 1. The lowest BCUT2D eigenvalue weighted by molar-refractivity contribution is 0.0693. The van der Waals surface area contributed by atoms with E-state index in [4.69, 9.17) is 15.6 Å². The molecule has 18 heavy (non-hydrogen) atoms. The first-order valence-electron chi connectivity index (χ1n) is 4.86. The first-order chi connectivity index (χ1) is 8.52. The van der Waals surface area contributed by atoms with Gasteiger partial charge in [0.1, 0.15) is 11.4 Å². The fourth-order valence-electron chi connectivity index (χ4n) is 1.49. The maximum atomic E-state index is 13.6. The second kappa shape index (κ2) is 4.61. The number of methoxy groups -OCH3 is 1. The molecule has 0 saturated heterocycles. The molecule has 1 heterocycles. The standard InChI is InChI=1S/C11H9FN2O3S/c1-17-9-4-8(18-14-9)5-2-6(12)10(11(15)16)7(13)3-5/h2-4H,13H2,1H3,(H,15,16). The number of ether oxygens (including phenoxy) is 1. The number of anilines is 1. The first kappa shape index (κ1) is 12.3. The second-order valence-electron chi connectivity index (χ2n) is 3.46. The molecule has 0 saturated carbocycles. The second-order valence-corrected chi connectivity index (χ2v) is 4.27.